The summed E-state index contributed by atoms with van der Waals surface area (Å²) in [5.74, 6) is 0. The van der Waals surface area contributed by atoms with E-state index in [2.05, 4.69) is 27.0 Å². The van der Waals surface area contributed by atoms with Crippen LogP contribution in [0.3, 0.4) is 0 Å². The molecule has 0 spiro atoms. The summed E-state index contributed by atoms with van der Waals surface area (Å²) in [6.45, 7) is 6.91. The molecule has 62 valence electrons. The van der Waals surface area contributed by atoms with Crippen LogP contribution < -0.4 is 0 Å². The van der Waals surface area contributed by atoms with Gasteiger partial charge in [-0.3, -0.25) is 0 Å². The van der Waals surface area contributed by atoms with E-state index in [9.17, 15) is 0 Å². The van der Waals surface area contributed by atoms with Crippen LogP contribution in [0.1, 0.15) is 46.5 Å². The SMILES string of the molecule is CCCCCC(C)(C)SC. The van der Waals surface area contributed by atoms with Gasteiger partial charge >= 0.3 is 0 Å². The molecular formula is C9H20S. The van der Waals surface area contributed by atoms with Crippen molar-refractivity contribution in [2.45, 2.75) is 51.2 Å². The maximum absolute atomic E-state index is 2.33. The normalized spacial score (nSPS) is 12.0. The Morgan fingerprint density at radius 2 is 1.80 bits per heavy atom. The van der Waals surface area contributed by atoms with E-state index in [4.69, 9.17) is 0 Å². The Bertz CT molecular complexity index is 76.8. The van der Waals surface area contributed by atoms with Crippen molar-refractivity contribution in [3.8, 4) is 0 Å². The van der Waals surface area contributed by atoms with Gasteiger partial charge in [0.05, 0.1) is 0 Å². The Morgan fingerprint density at radius 3 is 2.20 bits per heavy atom. The molecule has 0 heterocycles. The highest BCUT2D eigenvalue weighted by Crippen LogP contribution is 2.27. The van der Waals surface area contributed by atoms with Crippen molar-refractivity contribution in [2.75, 3.05) is 6.26 Å². The maximum atomic E-state index is 2.33. The summed E-state index contributed by atoms with van der Waals surface area (Å²) < 4.78 is 0.509. The zero-order valence-corrected chi connectivity index (χ0v) is 8.55. The maximum Gasteiger partial charge on any atom is 0.0100 e. The van der Waals surface area contributed by atoms with Crippen molar-refractivity contribution in [3.63, 3.8) is 0 Å². The van der Waals surface area contributed by atoms with E-state index in [1.807, 2.05) is 11.8 Å². The molecule has 0 fully saturated rings. The molecule has 1 heteroatoms. The molecule has 0 saturated carbocycles. The molecule has 0 rings (SSSR count). The average Bonchev–Trinajstić information content (AvgIpc) is 1.89. The summed E-state index contributed by atoms with van der Waals surface area (Å²) >= 11 is 1.98. The molecule has 0 saturated heterocycles. The van der Waals surface area contributed by atoms with Crippen molar-refractivity contribution in [2.24, 2.45) is 0 Å². The van der Waals surface area contributed by atoms with Crippen LogP contribution in [-0.2, 0) is 0 Å². The molecule has 0 aliphatic carbocycles. The number of hydrogen-bond acceptors (Lipinski definition) is 1. The molecule has 0 aliphatic heterocycles. The lowest BCUT2D eigenvalue weighted by Crippen LogP contribution is -2.12. The lowest BCUT2D eigenvalue weighted by atomic mass is 10.0. The molecular weight excluding hydrogens is 140 g/mol. The van der Waals surface area contributed by atoms with Crippen LogP contribution in [0, 0.1) is 0 Å². The van der Waals surface area contributed by atoms with Gasteiger partial charge in [-0.15, -0.1) is 0 Å². The van der Waals surface area contributed by atoms with Gasteiger partial charge in [0.2, 0.25) is 0 Å². The van der Waals surface area contributed by atoms with Gasteiger partial charge in [-0.1, -0.05) is 40.0 Å². The van der Waals surface area contributed by atoms with Gasteiger partial charge in [0.25, 0.3) is 0 Å². The monoisotopic (exact) mass is 160 g/mol. The predicted molar refractivity (Wildman–Crippen MR) is 51.7 cm³/mol. The quantitative estimate of drug-likeness (QED) is 0.552. The highest BCUT2D eigenvalue weighted by Gasteiger charge is 2.13. The van der Waals surface area contributed by atoms with Crippen molar-refractivity contribution in [1.29, 1.82) is 0 Å². The molecule has 0 aromatic rings. The highest BCUT2D eigenvalue weighted by atomic mass is 32.2. The van der Waals surface area contributed by atoms with Gasteiger partial charge in [-0.2, -0.15) is 11.8 Å². The van der Waals surface area contributed by atoms with Gasteiger partial charge < -0.3 is 0 Å². The van der Waals surface area contributed by atoms with Gasteiger partial charge in [-0.25, -0.2) is 0 Å². The largest absolute Gasteiger partial charge is 0.159 e. The van der Waals surface area contributed by atoms with Crippen molar-refractivity contribution in [1.82, 2.24) is 0 Å². The summed E-state index contributed by atoms with van der Waals surface area (Å²) in [5, 5.41) is 0. The van der Waals surface area contributed by atoms with E-state index in [0.717, 1.165) is 0 Å². The fraction of sp³-hybridized carbons (Fsp3) is 1.00. The molecule has 0 unspecified atom stereocenters. The molecule has 0 aliphatic rings. The third-order valence-electron chi connectivity index (χ3n) is 1.93. The fourth-order valence-electron chi connectivity index (χ4n) is 0.903. The molecule has 0 atom stereocenters. The second-order valence-electron chi connectivity index (χ2n) is 3.42. The van der Waals surface area contributed by atoms with Crippen molar-refractivity contribution in [3.05, 3.63) is 0 Å². The van der Waals surface area contributed by atoms with E-state index in [0.29, 0.717) is 4.75 Å². The Morgan fingerprint density at radius 1 is 1.20 bits per heavy atom. The molecule has 0 nitrogen and oxygen atoms in total. The summed E-state index contributed by atoms with van der Waals surface area (Å²) in [5.41, 5.74) is 0. The first-order valence-corrected chi connectivity index (χ1v) is 5.40. The van der Waals surface area contributed by atoms with Crippen LogP contribution in [0.5, 0.6) is 0 Å². The fourth-order valence-corrected chi connectivity index (χ4v) is 1.25. The van der Waals surface area contributed by atoms with E-state index < -0.39 is 0 Å². The molecule has 0 bridgehead atoms. The molecule has 0 aromatic heterocycles. The topological polar surface area (TPSA) is 0 Å². The first-order valence-electron chi connectivity index (χ1n) is 4.17. The lowest BCUT2D eigenvalue weighted by molar-refractivity contribution is 0.574. The second kappa shape index (κ2) is 5.06. The number of thioether (sulfide) groups is 1. The first-order chi connectivity index (χ1) is 4.62. The molecule has 0 amide bonds. The molecule has 0 radical (unpaired) electrons. The van der Waals surface area contributed by atoms with E-state index in [1.165, 1.54) is 25.7 Å². The third kappa shape index (κ3) is 5.16. The van der Waals surface area contributed by atoms with Crippen LogP contribution in [0.25, 0.3) is 0 Å². The predicted octanol–water partition coefficient (Wildman–Crippen LogP) is 3.71. The summed E-state index contributed by atoms with van der Waals surface area (Å²) in [7, 11) is 0. The van der Waals surface area contributed by atoms with Crippen LogP contribution >= 0.6 is 11.8 Å². The summed E-state index contributed by atoms with van der Waals surface area (Å²) in [6.07, 6.45) is 7.69. The molecule has 0 aromatic carbocycles. The van der Waals surface area contributed by atoms with Gasteiger partial charge in [-0.05, 0) is 12.7 Å². The minimum absolute atomic E-state index is 0.509. The Labute approximate surface area is 69.8 Å². The standard InChI is InChI=1S/C9H20S/c1-5-6-7-8-9(2,3)10-4/h5-8H2,1-4H3. The lowest BCUT2D eigenvalue weighted by Gasteiger charge is -2.21. The summed E-state index contributed by atoms with van der Waals surface area (Å²) in [6, 6.07) is 0. The Kier molecular flexibility index (Phi) is 5.24. The molecule has 0 N–H and O–H groups in total. The van der Waals surface area contributed by atoms with Crippen LogP contribution in [0.4, 0.5) is 0 Å². The van der Waals surface area contributed by atoms with Gasteiger partial charge in [0, 0.05) is 4.75 Å². The first kappa shape index (κ1) is 10.3. The van der Waals surface area contributed by atoms with E-state index >= 15 is 0 Å². The van der Waals surface area contributed by atoms with Crippen LogP contribution in [-0.4, -0.2) is 11.0 Å². The number of hydrogen-bond donors (Lipinski definition) is 0. The minimum atomic E-state index is 0.509. The van der Waals surface area contributed by atoms with E-state index in [-0.39, 0.29) is 0 Å². The van der Waals surface area contributed by atoms with Crippen molar-refractivity contribution >= 4 is 11.8 Å². The van der Waals surface area contributed by atoms with Crippen molar-refractivity contribution < 1.29 is 0 Å². The van der Waals surface area contributed by atoms with E-state index in [1.54, 1.807) is 0 Å². The smallest absolute Gasteiger partial charge is 0.0100 e. The zero-order valence-electron chi connectivity index (χ0n) is 7.74. The Balaban J connectivity index is 3.28. The zero-order chi connectivity index (χ0) is 8.04. The third-order valence-corrected chi connectivity index (χ3v) is 3.24. The number of rotatable bonds is 5. The highest BCUT2D eigenvalue weighted by molar-refractivity contribution is 7.99. The molecule has 10 heavy (non-hydrogen) atoms. The van der Waals surface area contributed by atoms with Gasteiger partial charge in [0.1, 0.15) is 0 Å². The second-order valence-corrected chi connectivity index (χ2v) is 4.93. The average molecular weight is 160 g/mol. The minimum Gasteiger partial charge on any atom is -0.159 e. The van der Waals surface area contributed by atoms with Gasteiger partial charge in [0.15, 0.2) is 0 Å². The van der Waals surface area contributed by atoms with Crippen LogP contribution in [0.15, 0.2) is 0 Å². The summed E-state index contributed by atoms with van der Waals surface area (Å²) in [4.78, 5) is 0. The number of unbranched alkanes of at least 4 members (excludes halogenated alkanes) is 2. The Hall–Kier alpha value is 0.350. The van der Waals surface area contributed by atoms with Crippen LogP contribution in [0.2, 0.25) is 0 Å².